The number of fused-ring (bicyclic) bond motifs is 10. The molecule has 0 bridgehead atoms. The van der Waals surface area contributed by atoms with E-state index in [-0.39, 0.29) is 24.3 Å². The molecule has 0 fully saturated rings. The van der Waals surface area contributed by atoms with Crippen LogP contribution in [0.3, 0.4) is 0 Å². The minimum absolute atomic E-state index is 0.0349. The fourth-order valence-corrected chi connectivity index (χ4v) is 13.6. The first-order chi connectivity index (χ1) is 38.5. The normalized spacial score (nSPS) is 13.6. The van der Waals surface area contributed by atoms with Crippen LogP contribution in [0.4, 0.5) is 51.2 Å². The monoisotopic (exact) mass is 1010 g/mol. The number of hydrogen-bond acceptors (Lipinski definition) is 3. The van der Waals surface area contributed by atoms with Crippen LogP contribution in [0.1, 0.15) is 52.7 Å². The third kappa shape index (κ3) is 7.36. The molecule has 11 aromatic rings. The molecule has 0 saturated carbocycles. The maximum absolute atomic E-state index is 2.67. The fourth-order valence-electron chi connectivity index (χ4n) is 13.6. The van der Waals surface area contributed by atoms with Crippen LogP contribution < -0.4 is 47.5 Å². The molecule has 0 aromatic heterocycles. The number of benzene rings is 11. The summed E-state index contributed by atoms with van der Waals surface area (Å²) < 4.78 is 0. The lowest BCUT2D eigenvalue weighted by atomic mass is 9.28. The molecule has 0 N–H and O–H groups in total. The molecule has 0 radical (unpaired) electrons. The van der Waals surface area contributed by atoms with Gasteiger partial charge in [-0.2, -0.15) is 0 Å². The van der Waals surface area contributed by atoms with Crippen molar-refractivity contribution in [3.8, 4) is 44.5 Å². The minimum Gasteiger partial charge on any atom is -0.312 e. The lowest BCUT2D eigenvalue weighted by Crippen LogP contribution is -2.68. The summed E-state index contributed by atoms with van der Waals surface area (Å²) in [4.78, 5) is 7.91. The van der Waals surface area contributed by atoms with E-state index >= 15 is 0 Å². The maximum atomic E-state index is 2.67. The van der Waals surface area contributed by atoms with Gasteiger partial charge < -0.3 is 14.7 Å². The molecule has 376 valence electrons. The van der Waals surface area contributed by atoms with E-state index in [1.807, 2.05) is 0 Å². The number of para-hydroxylation sites is 4. The van der Waals surface area contributed by atoms with E-state index in [0.717, 1.165) is 11.4 Å². The van der Waals surface area contributed by atoms with E-state index in [2.05, 4.69) is 305 Å². The summed E-state index contributed by atoms with van der Waals surface area (Å²) in [5, 5.41) is 0. The number of rotatable bonds is 6. The third-order valence-electron chi connectivity index (χ3n) is 17.4. The van der Waals surface area contributed by atoms with Crippen molar-refractivity contribution in [1.29, 1.82) is 0 Å². The Bertz CT molecular complexity index is 3960. The molecular formula is C74H59B2N3. The molecule has 0 amide bonds. The summed E-state index contributed by atoms with van der Waals surface area (Å²) in [6.45, 7) is 13.6. The van der Waals surface area contributed by atoms with Crippen molar-refractivity contribution in [2.24, 2.45) is 0 Å². The van der Waals surface area contributed by atoms with E-state index in [9.17, 15) is 0 Å². The van der Waals surface area contributed by atoms with Crippen molar-refractivity contribution in [3.63, 3.8) is 0 Å². The quantitative estimate of drug-likeness (QED) is 0.154. The Morgan fingerprint density at radius 2 is 0.595 bits per heavy atom. The minimum atomic E-state index is -0.0686. The standard InChI is InChI=1S/C74H59B2N3/c1-73(2,3)54-39-33-50(34-40-54)56-25-13-17-29-62(56)77-64-31-19-15-27-58(64)75-60-45-52(48-21-9-7-10-22-48)37-43-66(60)79-67-44-38-53(49-23-11-8-12-24-49)46-61(67)76-59-28-16-20-32-65(59)78(69-47-68(77)70(75)72(79)71(69)76)63-30-18-14-26-57(63)51-35-41-55(42-36-51)74(4,5)6/h7-47H,1-6H3. The topological polar surface area (TPSA) is 9.72 Å². The fraction of sp³-hybridized carbons (Fsp3) is 0.108. The van der Waals surface area contributed by atoms with Crippen molar-refractivity contribution in [1.82, 2.24) is 0 Å². The van der Waals surface area contributed by atoms with E-state index < -0.39 is 0 Å². The molecule has 4 aliphatic heterocycles. The molecule has 0 atom stereocenters. The second-order valence-electron chi connectivity index (χ2n) is 24.0. The van der Waals surface area contributed by atoms with E-state index in [0.29, 0.717) is 0 Å². The Labute approximate surface area is 466 Å². The molecule has 79 heavy (non-hydrogen) atoms. The lowest BCUT2D eigenvalue weighted by Gasteiger charge is -2.51. The Balaban J connectivity index is 1.07. The molecule has 5 heteroatoms. The van der Waals surface area contributed by atoms with Gasteiger partial charge in [-0.15, -0.1) is 0 Å². The Morgan fingerprint density at radius 1 is 0.253 bits per heavy atom. The van der Waals surface area contributed by atoms with Crippen LogP contribution in [-0.2, 0) is 10.8 Å². The summed E-state index contributed by atoms with van der Waals surface area (Å²) in [5.41, 5.74) is 31.0. The van der Waals surface area contributed by atoms with Gasteiger partial charge in [0.1, 0.15) is 0 Å². The van der Waals surface area contributed by atoms with Gasteiger partial charge in [0.05, 0.1) is 11.4 Å². The molecule has 11 aromatic carbocycles. The third-order valence-corrected chi connectivity index (χ3v) is 17.4. The van der Waals surface area contributed by atoms with Crippen LogP contribution in [0.5, 0.6) is 0 Å². The molecule has 0 spiro atoms. The first-order valence-electron chi connectivity index (χ1n) is 28.1. The Hall–Kier alpha value is -9.05. The Morgan fingerprint density at radius 3 is 1.00 bits per heavy atom. The van der Waals surface area contributed by atoms with Gasteiger partial charge in [0.25, 0.3) is 13.4 Å². The lowest BCUT2D eigenvalue weighted by molar-refractivity contribution is 0.590. The zero-order chi connectivity index (χ0) is 53.3. The van der Waals surface area contributed by atoms with Crippen molar-refractivity contribution in [2.75, 3.05) is 14.7 Å². The molecule has 4 aliphatic rings. The zero-order valence-corrected chi connectivity index (χ0v) is 45.7. The Kier molecular flexibility index (Phi) is 10.6. The van der Waals surface area contributed by atoms with Crippen LogP contribution >= 0.6 is 0 Å². The first-order valence-corrected chi connectivity index (χ1v) is 28.1. The van der Waals surface area contributed by atoms with Crippen LogP contribution in [0.25, 0.3) is 44.5 Å². The van der Waals surface area contributed by atoms with Crippen LogP contribution in [0.2, 0.25) is 0 Å². The van der Waals surface area contributed by atoms with Crippen molar-refractivity contribution in [3.05, 3.63) is 260 Å². The highest BCUT2D eigenvalue weighted by molar-refractivity contribution is 7.05. The largest absolute Gasteiger partial charge is 0.312 e. The van der Waals surface area contributed by atoms with E-state index in [1.54, 1.807) is 0 Å². The van der Waals surface area contributed by atoms with Crippen LogP contribution in [-0.4, -0.2) is 13.4 Å². The maximum Gasteiger partial charge on any atom is 0.252 e. The molecule has 15 rings (SSSR count). The second kappa shape index (κ2) is 17.7. The summed E-state index contributed by atoms with van der Waals surface area (Å²) in [6, 6.07) is 94.3. The van der Waals surface area contributed by atoms with Gasteiger partial charge in [-0.05, 0) is 131 Å². The summed E-state index contributed by atoms with van der Waals surface area (Å²) in [5.74, 6) is 0. The predicted octanol–water partition coefficient (Wildman–Crippen LogP) is 15.6. The molecule has 4 heterocycles. The van der Waals surface area contributed by atoms with Crippen molar-refractivity contribution in [2.45, 2.75) is 52.4 Å². The summed E-state index contributed by atoms with van der Waals surface area (Å²) in [7, 11) is 0. The zero-order valence-electron chi connectivity index (χ0n) is 45.7. The van der Waals surface area contributed by atoms with Crippen molar-refractivity contribution >= 4 is 97.4 Å². The van der Waals surface area contributed by atoms with E-state index in [1.165, 1.54) is 128 Å². The second-order valence-corrected chi connectivity index (χ2v) is 24.0. The average molecular weight is 1010 g/mol. The van der Waals surface area contributed by atoms with Gasteiger partial charge in [0.15, 0.2) is 0 Å². The summed E-state index contributed by atoms with van der Waals surface area (Å²) >= 11 is 0. The predicted molar refractivity (Wildman–Crippen MR) is 339 cm³/mol. The smallest absolute Gasteiger partial charge is 0.252 e. The highest BCUT2D eigenvalue weighted by Gasteiger charge is 2.52. The van der Waals surface area contributed by atoms with Gasteiger partial charge in [-0.25, -0.2) is 0 Å². The number of hydrogen-bond donors (Lipinski definition) is 0. The average Bonchev–Trinajstić information content (AvgIpc) is 2.88. The number of anilines is 9. The first kappa shape index (κ1) is 47.2. The van der Waals surface area contributed by atoms with E-state index in [4.69, 9.17) is 0 Å². The van der Waals surface area contributed by atoms with Gasteiger partial charge in [0.2, 0.25) is 0 Å². The molecule has 3 nitrogen and oxygen atoms in total. The van der Waals surface area contributed by atoms with Crippen LogP contribution in [0, 0.1) is 0 Å². The highest BCUT2D eigenvalue weighted by atomic mass is 15.2. The van der Waals surface area contributed by atoms with Gasteiger partial charge in [-0.3, -0.25) is 0 Å². The molecule has 0 unspecified atom stereocenters. The van der Waals surface area contributed by atoms with Gasteiger partial charge in [-0.1, -0.05) is 248 Å². The summed E-state index contributed by atoms with van der Waals surface area (Å²) in [6.07, 6.45) is 0. The molecule has 0 aliphatic carbocycles. The van der Waals surface area contributed by atoms with Gasteiger partial charge >= 0.3 is 0 Å². The highest BCUT2D eigenvalue weighted by Crippen LogP contribution is 2.52. The van der Waals surface area contributed by atoms with Crippen LogP contribution in [0.15, 0.2) is 249 Å². The number of nitrogens with zero attached hydrogens (tertiary/aromatic N) is 3. The molecule has 0 saturated heterocycles. The van der Waals surface area contributed by atoms with Crippen molar-refractivity contribution < 1.29 is 0 Å². The molecular weight excluding hydrogens is 952 g/mol. The van der Waals surface area contributed by atoms with Gasteiger partial charge in [0, 0.05) is 50.9 Å². The SMILES string of the molecule is CC(C)(C)c1ccc(-c2ccccc2N2c3ccccc3B3c4cc(-c5ccccc5)ccc4N4c5ccc(-c6ccccc6)cc5B5c6ccccc6N(c6ccccc6-c6ccc(C(C)(C)C)cc6)c6cc2c3c4c65)cc1.